The second kappa shape index (κ2) is 14.3. The highest BCUT2D eigenvalue weighted by molar-refractivity contribution is 14.0. The van der Waals surface area contributed by atoms with E-state index in [2.05, 4.69) is 47.7 Å². The molecule has 9 heteroatoms. The fraction of sp³-hybridized carbons (Fsp3) is 0.435. The highest BCUT2D eigenvalue weighted by Crippen LogP contribution is 2.21. The Balaban J connectivity index is 0.00000512. The smallest absolute Gasteiger partial charge is 0.238 e. The van der Waals surface area contributed by atoms with Crippen LogP contribution in [0.5, 0.6) is 5.75 Å². The lowest BCUT2D eigenvalue weighted by atomic mass is 10.1. The third-order valence-electron chi connectivity index (χ3n) is 4.69. The number of nitrogens with two attached hydrogens (primary N) is 1. The molecule has 2 aromatic carbocycles. The van der Waals surface area contributed by atoms with Crippen LogP contribution in [-0.2, 0) is 23.1 Å². The third kappa shape index (κ3) is 9.74. The van der Waals surface area contributed by atoms with Crippen molar-refractivity contribution in [1.82, 2.24) is 10.6 Å². The second-order valence-corrected chi connectivity index (χ2v) is 8.97. The Labute approximate surface area is 209 Å². The van der Waals surface area contributed by atoms with Crippen molar-refractivity contribution in [3.63, 3.8) is 0 Å². The number of guanidine groups is 1. The molecule has 0 saturated carbocycles. The molecular formula is C23H35IN4O3S. The van der Waals surface area contributed by atoms with Gasteiger partial charge in [0.2, 0.25) is 10.0 Å². The van der Waals surface area contributed by atoms with Crippen LogP contribution in [-0.4, -0.2) is 27.5 Å². The van der Waals surface area contributed by atoms with E-state index in [1.165, 1.54) is 18.6 Å². The highest BCUT2D eigenvalue weighted by atomic mass is 127. The van der Waals surface area contributed by atoms with E-state index in [9.17, 15) is 8.42 Å². The first kappa shape index (κ1) is 28.2. The van der Waals surface area contributed by atoms with Gasteiger partial charge in [0.15, 0.2) is 5.96 Å². The summed E-state index contributed by atoms with van der Waals surface area (Å²) in [5.41, 5.74) is 3.13. The largest absolute Gasteiger partial charge is 0.493 e. The maximum Gasteiger partial charge on any atom is 0.238 e. The van der Waals surface area contributed by atoms with Crippen molar-refractivity contribution in [3.8, 4) is 5.75 Å². The highest BCUT2D eigenvalue weighted by Gasteiger charge is 2.08. The van der Waals surface area contributed by atoms with E-state index in [0.717, 1.165) is 41.8 Å². The number of hydrogen-bond acceptors (Lipinski definition) is 4. The van der Waals surface area contributed by atoms with Gasteiger partial charge in [0.1, 0.15) is 5.75 Å². The van der Waals surface area contributed by atoms with Gasteiger partial charge in [0, 0.05) is 18.7 Å². The van der Waals surface area contributed by atoms with Crippen molar-refractivity contribution in [3.05, 3.63) is 59.2 Å². The van der Waals surface area contributed by atoms with E-state index in [0.29, 0.717) is 25.7 Å². The predicted octanol–water partition coefficient (Wildman–Crippen LogP) is 4.08. The quantitative estimate of drug-likeness (QED) is 0.162. The Kier molecular flexibility index (Phi) is 12.6. The predicted molar refractivity (Wildman–Crippen MR) is 141 cm³/mol. The molecule has 0 radical (unpaired) electrons. The molecule has 0 bridgehead atoms. The Morgan fingerprint density at radius 3 is 2.41 bits per heavy atom. The molecule has 178 valence electrons. The Hall–Kier alpha value is -1.85. The number of hydrogen-bond donors (Lipinski definition) is 3. The Morgan fingerprint density at radius 1 is 1.06 bits per heavy atom. The molecule has 2 aromatic rings. The fourth-order valence-corrected chi connectivity index (χ4v) is 3.47. The van der Waals surface area contributed by atoms with Crippen molar-refractivity contribution in [1.29, 1.82) is 0 Å². The maximum atomic E-state index is 11.4. The lowest BCUT2D eigenvalue weighted by Crippen LogP contribution is -2.36. The van der Waals surface area contributed by atoms with E-state index in [1.54, 1.807) is 12.1 Å². The Bertz CT molecular complexity index is 964. The SMILES string of the molecule is CCCCCOc1cc(C)ccc1CNC(=NCc1ccc(S(N)(=O)=O)cc1)NCC.I. The van der Waals surface area contributed by atoms with Crippen molar-refractivity contribution in [2.75, 3.05) is 13.2 Å². The molecule has 0 amide bonds. The molecule has 32 heavy (non-hydrogen) atoms. The number of nitrogens with zero attached hydrogens (tertiary/aromatic N) is 1. The molecule has 0 aliphatic rings. The third-order valence-corrected chi connectivity index (χ3v) is 5.62. The standard InChI is InChI=1S/C23H34N4O3S.HI/c1-4-6-7-14-30-22-15-18(3)8-11-20(22)17-27-23(25-5-2)26-16-19-9-12-21(13-10-19)31(24,28)29;/h8-13,15H,4-7,14,16-17H2,1-3H3,(H2,24,28,29)(H2,25,26,27);1H. The van der Waals surface area contributed by atoms with Crippen LogP contribution >= 0.6 is 24.0 Å². The summed E-state index contributed by atoms with van der Waals surface area (Å²) in [6.45, 7) is 8.68. The van der Waals surface area contributed by atoms with Gasteiger partial charge in [0.25, 0.3) is 0 Å². The van der Waals surface area contributed by atoms with Crippen LogP contribution < -0.4 is 20.5 Å². The number of rotatable bonds is 11. The molecule has 0 aliphatic carbocycles. The minimum absolute atomic E-state index is 0. The van der Waals surface area contributed by atoms with E-state index in [4.69, 9.17) is 9.88 Å². The number of sulfonamides is 1. The van der Waals surface area contributed by atoms with Gasteiger partial charge in [-0.15, -0.1) is 24.0 Å². The topological polar surface area (TPSA) is 106 Å². The summed E-state index contributed by atoms with van der Waals surface area (Å²) in [5.74, 6) is 1.58. The molecule has 0 aromatic heterocycles. The van der Waals surface area contributed by atoms with Crippen LogP contribution in [0.15, 0.2) is 52.4 Å². The average molecular weight is 575 g/mol. The second-order valence-electron chi connectivity index (χ2n) is 7.40. The Morgan fingerprint density at radius 2 is 1.78 bits per heavy atom. The summed E-state index contributed by atoms with van der Waals surface area (Å²) >= 11 is 0. The lowest BCUT2D eigenvalue weighted by molar-refractivity contribution is 0.303. The van der Waals surface area contributed by atoms with Gasteiger partial charge in [-0.2, -0.15) is 0 Å². The van der Waals surface area contributed by atoms with E-state index in [1.807, 2.05) is 6.92 Å². The summed E-state index contributed by atoms with van der Waals surface area (Å²) in [4.78, 5) is 4.69. The van der Waals surface area contributed by atoms with Crippen molar-refractivity contribution < 1.29 is 13.2 Å². The van der Waals surface area contributed by atoms with Gasteiger partial charge in [-0.05, 0) is 49.6 Å². The van der Waals surface area contributed by atoms with Crippen LogP contribution in [0.4, 0.5) is 0 Å². The van der Waals surface area contributed by atoms with Crippen molar-refractivity contribution in [2.24, 2.45) is 10.1 Å². The molecule has 4 N–H and O–H groups in total. The molecular weight excluding hydrogens is 539 g/mol. The molecule has 0 fully saturated rings. The molecule has 2 rings (SSSR count). The zero-order valence-corrected chi connectivity index (χ0v) is 22.2. The number of primary sulfonamides is 1. The molecule has 0 saturated heterocycles. The van der Waals surface area contributed by atoms with Crippen molar-refractivity contribution >= 4 is 40.0 Å². The zero-order valence-electron chi connectivity index (χ0n) is 19.1. The summed E-state index contributed by atoms with van der Waals surface area (Å²) in [5, 5.41) is 11.7. The fourth-order valence-electron chi connectivity index (χ4n) is 2.95. The number of aliphatic imine (C=N–C) groups is 1. The van der Waals surface area contributed by atoms with Gasteiger partial charge in [-0.3, -0.25) is 0 Å². The van der Waals surface area contributed by atoms with Crippen molar-refractivity contribution in [2.45, 2.75) is 58.0 Å². The number of aryl methyl sites for hydroxylation is 1. The lowest BCUT2D eigenvalue weighted by Gasteiger charge is -2.15. The summed E-state index contributed by atoms with van der Waals surface area (Å²) in [7, 11) is -3.69. The zero-order chi connectivity index (χ0) is 22.7. The minimum atomic E-state index is -3.69. The van der Waals surface area contributed by atoms with Crippen LogP contribution in [0.3, 0.4) is 0 Å². The first-order valence-corrected chi connectivity index (χ1v) is 12.2. The number of unbranched alkanes of at least 4 members (excludes halogenated alkanes) is 2. The first-order chi connectivity index (χ1) is 14.8. The van der Waals surface area contributed by atoms with Crippen LogP contribution in [0.25, 0.3) is 0 Å². The molecule has 0 aliphatic heterocycles. The van der Waals surface area contributed by atoms with Gasteiger partial charge >= 0.3 is 0 Å². The monoisotopic (exact) mass is 574 g/mol. The van der Waals surface area contributed by atoms with E-state index in [-0.39, 0.29) is 28.9 Å². The number of nitrogens with one attached hydrogen (secondary N) is 2. The van der Waals surface area contributed by atoms with E-state index < -0.39 is 10.0 Å². The number of benzene rings is 2. The number of ether oxygens (including phenoxy) is 1. The van der Waals surface area contributed by atoms with Gasteiger partial charge in [-0.25, -0.2) is 18.5 Å². The first-order valence-electron chi connectivity index (χ1n) is 10.7. The maximum absolute atomic E-state index is 11.4. The summed E-state index contributed by atoms with van der Waals surface area (Å²) in [6.07, 6.45) is 3.37. The molecule has 0 atom stereocenters. The molecule has 0 unspecified atom stereocenters. The normalized spacial score (nSPS) is 11.6. The molecule has 0 heterocycles. The van der Waals surface area contributed by atoms with Crippen LogP contribution in [0.1, 0.15) is 49.8 Å². The summed E-state index contributed by atoms with van der Waals surface area (Å²) < 4.78 is 28.8. The van der Waals surface area contributed by atoms with Gasteiger partial charge in [-0.1, -0.05) is 44.0 Å². The minimum Gasteiger partial charge on any atom is -0.493 e. The van der Waals surface area contributed by atoms with Gasteiger partial charge < -0.3 is 15.4 Å². The average Bonchev–Trinajstić information content (AvgIpc) is 2.74. The molecule has 0 spiro atoms. The molecule has 7 nitrogen and oxygen atoms in total. The number of halogens is 1. The van der Waals surface area contributed by atoms with Gasteiger partial charge in [0.05, 0.1) is 18.0 Å². The van der Waals surface area contributed by atoms with Crippen LogP contribution in [0, 0.1) is 6.92 Å². The van der Waals surface area contributed by atoms with Crippen LogP contribution in [0.2, 0.25) is 0 Å². The van der Waals surface area contributed by atoms with E-state index >= 15 is 0 Å². The summed E-state index contributed by atoms with van der Waals surface area (Å²) in [6, 6.07) is 12.6.